The molecular formula is C12H9BrN2O2. The van der Waals surface area contributed by atoms with Gasteiger partial charge in [0.15, 0.2) is 5.78 Å². The lowest BCUT2D eigenvalue weighted by atomic mass is 10.1. The highest BCUT2D eigenvalue weighted by molar-refractivity contribution is 9.09. The molecule has 1 aromatic heterocycles. The molecule has 5 heteroatoms. The molecule has 1 aromatic carbocycles. The van der Waals surface area contributed by atoms with E-state index < -0.39 is 0 Å². The number of carbonyl (C=O) groups excluding carboxylic acids is 2. The molecule has 0 aliphatic heterocycles. The molecule has 0 aliphatic carbocycles. The van der Waals surface area contributed by atoms with Gasteiger partial charge < -0.3 is 5.32 Å². The van der Waals surface area contributed by atoms with Crippen molar-refractivity contribution in [2.24, 2.45) is 0 Å². The topological polar surface area (TPSA) is 59.1 Å². The minimum absolute atomic E-state index is 0.0358. The minimum atomic E-state index is -0.0358. The van der Waals surface area contributed by atoms with Crippen LogP contribution >= 0.6 is 15.9 Å². The molecule has 1 amide bonds. The Kier molecular flexibility index (Phi) is 3.49. The van der Waals surface area contributed by atoms with Crippen molar-refractivity contribution in [3.05, 3.63) is 35.9 Å². The van der Waals surface area contributed by atoms with Gasteiger partial charge in [-0.2, -0.15) is 0 Å². The van der Waals surface area contributed by atoms with Crippen molar-refractivity contribution in [1.82, 2.24) is 4.98 Å². The summed E-state index contributed by atoms with van der Waals surface area (Å²) < 4.78 is 0. The standard InChI is InChI=1S/C12H9BrN2O2/c13-6-10(17)9-3-1-2-8-4-5-11(14-7-16)15-12(8)9/h1-5,7H,6H2,(H,14,15,16). The molecule has 0 bridgehead atoms. The lowest BCUT2D eigenvalue weighted by molar-refractivity contribution is -0.105. The number of Topliss-reactive ketones (excluding diaryl/α,β-unsaturated/α-hetero) is 1. The maximum absolute atomic E-state index is 11.7. The molecular weight excluding hydrogens is 284 g/mol. The Bertz CT molecular complexity index is 584. The normalized spacial score (nSPS) is 10.2. The van der Waals surface area contributed by atoms with Crippen molar-refractivity contribution in [2.75, 3.05) is 10.6 Å². The van der Waals surface area contributed by atoms with Crippen LogP contribution in [-0.4, -0.2) is 22.5 Å². The molecule has 0 spiro atoms. The molecule has 1 heterocycles. The van der Waals surface area contributed by atoms with E-state index in [1.807, 2.05) is 18.2 Å². The van der Waals surface area contributed by atoms with Gasteiger partial charge in [0.1, 0.15) is 5.82 Å². The van der Waals surface area contributed by atoms with E-state index in [4.69, 9.17) is 0 Å². The lowest BCUT2D eigenvalue weighted by Gasteiger charge is -2.05. The number of hydrogen-bond acceptors (Lipinski definition) is 3. The Morgan fingerprint density at radius 2 is 2.18 bits per heavy atom. The zero-order valence-electron chi connectivity index (χ0n) is 8.81. The van der Waals surface area contributed by atoms with Crippen LogP contribution in [0, 0.1) is 0 Å². The lowest BCUT2D eigenvalue weighted by Crippen LogP contribution is -2.03. The number of para-hydroxylation sites is 1. The van der Waals surface area contributed by atoms with Gasteiger partial charge in [0, 0.05) is 10.9 Å². The molecule has 0 unspecified atom stereocenters. The molecule has 2 rings (SSSR count). The quantitative estimate of drug-likeness (QED) is 0.535. The van der Waals surface area contributed by atoms with Gasteiger partial charge in [-0.05, 0) is 18.2 Å². The van der Waals surface area contributed by atoms with E-state index in [1.165, 1.54) is 0 Å². The van der Waals surface area contributed by atoms with Crippen LogP contribution in [0.15, 0.2) is 30.3 Å². The van der Waals surface area contributed by atoms with Crippen LogP contribution in [0.4, 0.5) is 5.82 Å². The van der Waals surface area contributed by atoms with Gasteiger partial charge in [-0.3, -0.25) is 9.59 Å². The van der Waals surface area contributed by atoms with Gasteiger partial charge >= 0.3 is 0 Å². The van der Waals surface area contributed by atoms with Gasteiger partial charge in [0.2, 0.25) is 6.41 Å². The second-order valence-electron chi connectivity index (χ2n) is 3.39. The maximum atomic E-state index is 11.7. The fourth-order valence-electron chi connectivity index (χ4n) is 1.58. The number of halogens is 1. The number of anilines is 1. The Labute approximate surface area is 106 Å². The van der Waals surface area contributed by atoms with Gasteiger partial charge in [-0.15, -0.1) is 0 Å². The van der Waals surface area contributed by atoms with Crippen molar-refractivity contribution < 1.29 is 9.59 Å². The number of hydrogen-bond donors (Lipinski definition) is 1. The number of fused-ring (bicyclic) bond motifs is 1. The Hall–Kier alpha value is -1.75. The first kappa shape index (κ1) is 11.7. The van der Waals surface area contributed by atoms with Crippen molar-refractivity contribution in [3.63, 3.8) is 0 Å². The summed E-state index contributed by atoms with van der Waals surface area (Å²) >= 11 is 3.14. The third-order valence-electron chi connectivity index (χ3n) is 2.35. The van der Waals surface area contributed by atoms with Crippen molar-refractivity contribution >= 4 is 44.8 Å². The maximum Gasteiger partial charge on any atom is 0.212 e. The summed E-state index contributed by atoms with van der Waals surface area (Å²) in [5, 5.41) is 3.59. The van der Waals surface area contributed by atoms with Crippen LogP contribution < -0.4 is 5.32 Å². The van der Waals surface area contributed by atoms with Crippen LogP contribution in [0.3, 0.4) is 0 Å². The summed E-state index contributed by atoms with van der Waals surface area (Å²) in [4.78, 5) is 26.3. The van der Waals surface area contributed by atoms with Crippen molar-refractivity contribution in [2.45, 2.75) is 0 Å². The molecule has 1 N–H and O–H groups in total. The van der Waals surface area contributed by atoms with Gasteiger partial charge in [-0.25, -0.2) is 4.98 Å². The highest BCUT2D eigenvalue weighted by Gasteiger charge is 2.10. The number of aromatic nitrogens is 1. The number of benzene rings is 1. The average Bonchev–Trinajstić information content (AvgIpc) is 2.37. The van der Waals surface area contributed by atoms with E-state index in [2.05, 4.69) is 26.2 Å². The number of pyridine rings is 1. The molecule has 0 aliphatic rings. The average molecular weight is 293 g/mol. The fraction of sp³-hybridized carbons (Fsp3) is 0.0833. The van der Waals surface area contributed by atoms with E-state index in [1.54, 1.807) is 12.1 Å². The van der Waals surface area contributed by atoms with E-state index in [0.29, 0.717) is 23.3 Å². The third-order valence-corrected chi connectivity index (χ3v) is 2.86. The van der Waals surface area contributed by atoms with Crippen molar-refractivity contribution in [1.29, 1.82) is 0 Å². The summed E-state index contributed by atoms with van der Waals surface area (Å²) in [6, 6.07) is 8.92. The Morgan fingerprint density at radius 1 is 1.35 bits per heavy atom. The number of carbonyl (C=O) groups is 2. The number of alkyl halides is 1. The van der Waals surface area contributed by atoms with Crippen molar-refractivity contribution in [3.8, 4) is 0 Å². The fourth-order valence-corrected chi connectivity index (χ4v) is 1.89. The molecule has 0 fully saturated rings. The van der Waals surface area contributed by atoms with E-state index >= 15 is 0 Å². The minimum Gasteiger partial charge on any atom is -0.313 e. The monoisotopic (exact) mass is 292 g/mol. The zero-order valence-corrected chi connectivity index (χ0v) is 10.4. The second-order valence-corrected chi connectivity index (χ2v) is 3.95. The Morgan fingerprint density at radius 3 is 2.88 bits per heavy atom. The smallest absolute Gasteiger partial charge is 0.212 e. The summed E-state index contributed by atoms with van der Waals surface area (Å²) in [5.41, 5.74) is 1.15. The SMILES string of the molecule is O=CNc1ccc2cccc(C(=O)CBr)c2n1. The van der Waals surface area contributed by atoms with Gasteiger partial charge in [0.05, 0.1) is 10.8 Å². The van der Waals surface area contributed by atoms with Crippen LogP contribution in [0.25, 0.3) is 10.9 Å². The first-order valence-electron chi connectivity index (χ1n) is 4.95. The molecule has 86 valence electrons. The van der Waals surface area contributed by atoms with E-state index in [-0.39, 0.29) is 11.1 Å². The second kappa shape index (κ2) is 5.05. The number of ketones is 1. The van der Waals surface area contributed by atoms with Gasteiger partial charge in [0.25, 0.3) is 0 Å². The predicted molar refractivity (Wildman–Crippen MR) is 69.6 cm³/mol. The summed E-state index contributed by atoms with van der Waals surface area (Å²) in [6.45, 7) is 0. The van der Waals surface area contributed by atoms with Gasteiger partial charge in [-0.1, -0.05) is 28.1 Å². The number of amides is 1. The van der Waals surface area contributed by atoms with Crippen LogP contribution in [0.5, 0.6) is 0 Å². The summed E-state index contributed by atoms with van der Waals surface area (Å²) in [7, 11) is 0. The molecule has 0 atom stereocenters. The van der Waals surface area contributed by atoms with Crippen LogP contribution in [0.1, 0.15) is 10.4 Å². The molecule has 17 heavy (non-hydrogen) atoms. The molecule has 4 nitrogen and oxygen atoms in total. The molecule has 2 aromatic rings. The summed E-state index contributed by atoms with van der Waals surface area (Å²) in [6.07, 6.45) is 0.559. The first-order chi connectivity index (χ1) is 8.26. The third kappa shape index (κ3) is 2.34. The molecule has 0 saturated carbocycles. The van der Waals surface area contributed by atoms with Crippen LogP contribution in [0.2, 0.25) is 0 Å². The zero-order chi connectivity index (χ0) is 12.3. The highest BCUT2D eigenvalue weighted by Crippen LogP contribution is 2.20. The largest absolute Gasteiger partial charge is 0.313 e. The van der Waals surface area contributed by atoms with E-state index in [9.17, 15) is 9.59 Å². The number of nitrogens with one attached hydrogen (secondary N) is 1. The first-order valence-corrected chi connectivity index (χ1v) is 6.07. The molecule has 0 saturated heterocycles. The van der Waals surface area contributed by atoms with E-state index in [0.717, 1.165) is 5.39 Å². The Balaban J connectivity index is 2.63. The van der Waals surface area contributed by atoms with Crippen LogP contribution in [-0.2, 0) is 4.79 Å². The number of nitrogens with zero attached hydrogens (tertiary/aromatic N) is 1. The number of rotatable bonds is 4. The predicted octanol–water partition coefficient (Wildman–Crippen LogP) is 2.38. The summed E-state index contributed by atoms with van der Waals surface area (Å²) in [5.74, 6) is 0.397. The highest BCUT2D eigenvalue weighted by atomic mass is 79.9. The molecule has 0 radical (unpaired) electrons.